The van der Waals surface area contributed by atoms with Gasteiger partial charge in [0.15, 0.2) is 0 Å². The van der Waals surface area contributed by atoms with Gasteiger partial charge in [-0.2, -0.15) is 0 Å². The number of halogens is 1. The lowest BCUT2D eigenvalue weighted by atomic mass is 9.82. The molecule has 0 radical (unpaired) electrons. The van der Waals surface area contributed by atoms with Crippen LogP contribution in [0, 0.1) is 0 Å². The number of carbonyl (C=O) groups is 1. The molecule has 2 aromatic carbocycles. The first kappa shape index (κ1) is 14.0. The normalized spacial score (nSPS) is 17.1. The Morgan fingerprint density at radius 1 is 1.24 bits per heavy atom. The minimum atomic E-state index is -0.139. The summed E-state index contributed by atoms with van der Waals surface area (Å²) in [6.45, 7) is 0. The summed E-state index contributed by atoms with van der Waals surface area (Å²) in [5.74, 6) is -0.101. The van der Waals surface area contributed by atoms with E-state index in [1.54, 1.807) is 6.07 Å². The molecule has 0 spiro atoms. The SMILES string of the molecule is O=C(Nc1ccc(O)cc1Cl)C1CCCc2ccccc21. The first-order valence-electron chi connectivity index (χ1n) is 7.02. The van der Waals surface area contributed by atoms with E-state index in [4.69, 9.17) is 11.6 Å². The van der Waals surface area contributed by atoms with E-state index in [0.29, 0.717) is 10.7 Å². The van der Waals surface area contributed by atoms with Crippen molar-refractivity contribution in [1.29, 1.82) is 0 Å². The van der Waals surface area contributed by atoms with Gasteiger partial charge >= 0.3 is 0 Å². The summed E-state index contributed by atoms with van der Waals surface area (Å²) in [6.07, 6.45) is 2.89. The van der Waals surface area contributed by atoms with E-state index in [2.05, 4.69) is 11.4 Å². The fourth-order valence-electron chi connectivity index (χ4n) is 2.85. The minimum absolute atomic E-state index is 0.0465. The molecule has 2 aromatic rings. The Kier molecular flexibility index (Phi) is 3.84. The largest absolute Gasteiger partial charge is 0.508 e. The Morgan fingerprint density at radius 3 is 2.86 bits per heavy atom. The Hall–Kier alpha value is -2.00. The Morgan fingerprint density at radius 2 is 2.05 bits per heavy atom. The van der Waals surface area contributed by atoms with Crippen LogP contribution < -0.4 is 5.32 Å². The van der Waals surface area contributed by atoms with Crippen LogP contribution in [0.15, 0.2) is 42.5 Å². The smallest absolute Gasteiger partial charge is 0.231 e. The molecule has 0 aromatic heterocycles. The van der Waals surface area contributed by atoms with Crippen LogP contribution in [-0.4, -0.2) is 11.0 Å². The zero-order valence-electron chi connectivity index (χ0n) is 11.5. The second-order valence-corrected chi connectivity index (χ2v) is 5.70. The molecule has 3 rings (SSSR count). The van der Waals surface area contributed by atoms with Crippen LogP contribution in [-0.2, 0) is 11.2 Å². The van der Waals surface area contributed by atoms with E-state index >= 15 is 0 Å². The molecule has 0 saturated carbocycles. The highest BCUT2D eigenvalue weighted by Gasteiger charge is 2.26. The third-order valence-electron chi connectivity index (χ3n) is 3.90. The molecule has 1 aliphatic rings. The van der Waals surface area contributed by atoms with Crippen molar-refractivity contribution in [3.05, 3.63) is 58.6 Å². The number of hydrogen-bond acceptors (Lipinski definition) is 2. The molecule has 2 N–H and O–H groups in total. The number of carbonyl (C=O) groups excluding carboxylic acids is 1. The number of anilines is 1. The second kappa shape index (κ2) is 5.78. The molecule has 108 valence electrons. The highest BCUT2D eigenvalue weighted by atomic mass is 35.5. The first-order valence-corrected chi connectivity index (χ1v) is 7.40. The molecule has 3 nitrogen and oxygen atoms in total. The third kappa shape index (κ3) is 2.88. The lowest BCUT2D eigenvalue weighted by Crippen LogP contribution is -2.24. The molecule has 0 heterocycles. The summed E-state index contributed by atoms with van der Waals surface area (Å²) in [5, 5.41) is 12.6. The molecule has 0 aliphatic heterocycles. The highest BCUT2D eigenvalue weighted by Crippen LogP contribution is 2.33. The summed E-state index contributed by atoms with van der Waals surface area (Å²) in [6, 6.07) is 12.6. The van der Waals surface area contributed by atoms with Crippen molar-refractivity contribution in [1.82, 2.24) is 0 Å². The van der Waals surface area contributed by atoms with Gasteiger partial charge in [-0.15, -0.1) is 0 Å². The minimum Gasteiger partial charge on any atom is -0.508 e. The summed E-state index contributed by atoms with van der Waals surface area (Å²) in [5.41, 5.74) is 2.89. The lowest BCUT2D eigenvalue weighted by Gasteiger charge is -2.24. The number of fused-ring (bicyclic) bond motifs is 1. The van der Waals surface area contributed by atoms with Crippen molar-refractivity contribution in [3.8, 4) is 5.75 Å². The van der Waals surface area contributed by atoms with Gasteiger partial charge in [0.25, 0.3) is 0 Å². The number of hydrogen-bond donors (Lipinski definition) is 2. The quantitative estimate of drug-likeness (QED) is 0.820. The first-order chi connectivity index (χ1) is 10.1. The molecular weight excluding hydrogens is 286 g/mol. The van der Waals surface area contributed by atoms with E-state index in [1.165, 1.54) is 17.7 Å². The van der Waals surface area contributed by atoms with Crippen LogP contribution in [0.4, 0.5) is 5.69 Å². The van der Waals surface area contributed by atoms with Gasteiger partial charge in [-0.3, -0.25) is 4.79 Å². The monoisotopic (exact) mass is 301 g/mol. The van der Waals surface area contributed by atoms with Crippen LogP contribution >= 0.6 is 11.6 Å². The van der Waals surface area contributed by atoms with Crippen LogP contribution in [0.1, 0.15) is 29.9 Å². The molecule has 1 amide bonds. The standard InChI is InChI=1S/C17H16ClNO2/c18-15-10-12(20)8-9-16(15)19-17(21)14-7-3-5-11-4-1-2-6-13(11)14/h1-2,4,6,8-10,14,20H,3,5,7H2,(H,19,21). The van der Waals surface area contributed by atoms with Gasteiger partial charge in [-0.25, -0.2) is 0 Å². The van der Waals surface area contributed by atoms with E-state index in [0.717, 1.165) is 24.8 Å². The van der Waals surface area contributed by atoms with E-state index in [1.807, 2.05) is 18.2 Å². The predicted octanol–water partition coefficient (Wildman–Crippen LogP) is 4.10. The Balaban J connectivity index is 1.83. The van der Waals surface area contributed by atoms with Crippen LogP contribution in [0.5, 0.6) is 5.75 Å². The fourth-order valence-corrected chi connectivity index (χ4v) is 3.07. The topological polar surface area (TPSA) is 49.3 Å². The predicted molar refractivity (Wildman–Crippen MR) is 83.9 cm³/mol. The Labute approximate surface area is 128 Å². The maximum absolute atomic E-state index is 12.5. The molecule has 1 unspecified atom stereocenters. The average molecular weight is 302 g/mol. The summed E-state index contributed by atoms with van der Waals surface area (Å²) in [7, 11) is 0. The molecule has 1 aliphatic carbocycles. The summed E-state index contributed by atoms with van der Waals surface area (Å²) < 4.78 is 0. The number of benzene rings is 2. The zero-order chi connectivity index (χ0) is 14.8. The number of rotatable bonds is 2. The van der Waals surface area contributed by atoms with Crippen LogP contribution in [0.2, 0.25) is 5.02 Å². The molecule has 4 heteroatoms. The van der Waals surface area contributed by atoms with Gasteiger partial charge in [0.05, 0.1) is 16.6 Å². The van der Waals surface area contributed by atoms with E-state index < -0.39 is 0 Å². The van der Waals surface area contributed by atoms with E-state index in [9.17, 15) is 9.90 Å². The average Bonchev–Trinajstić information content (AvgIpc) is 2.49. The highest BCUT2D eigenvalue weighted by molar-refractivity contribution is 6.33. The van der Waals surface area contributed by atoms with E-state index in [-0.39, 0.29) is 17.6 Å². The number of amides is 1. The van der Waals surface area contributed by atoms with Gasteiger partial charge in [-0.05, 0) is 42.5 Å². The third-order valence-corrected chi connectivity index (χ3v) is 4.21. The maximum atomic E-state index is 12.5. The molecule has 0 saturated heterocycles. The summed E-state index contributed by atoms with van der Waals surface area (Å²) >= 11 is 6.04. The zero-order valence-corrected chi connectivity index (χ0v) is 12.2. The molecule has 1 atom stereocenters. The number of nitrogens with one attached hydrogen (secondary N) is 1. The summed E-state index contributed by atoms with van der Waals surface area (Å²) in [4.78, 5) is 12.5. The van der Waals surface area contributed by atoms with Gasteiger partial charge in [0, 0.05) is 6.07 Å². The van der Waals surface area contributed by atoms with Crippen molar-refractivity contribution in [2.24, 2.45) is 0 Å². The molecule has 0 bridgehead atoms. The number of aromatic hydroxyl groups is 1. The van der Waals surface area contributed by atoms with Gasteiger partial charge in [-0.1, -0.05) is 35.9 Å². The molecule has 0 fully saturated rings. The van der Waals surface area contributed by atoms with Crippen LogP contribution in [0.3, 0.4) is 0 Å². The van der Waals surface area contributed by atoms with Gasteiger partial charge < -0.3 is 10.4 Å². The molecular formula is C17H16ClNO2. The van der Waals surface area contributed by atoms with Gasteiger partial charge in [0.2, 0.25) is 5.91 Å². The van der Waals surface area contributed by atoms with Gasteiger partial charge in [0.1, 0.15) is 5.75 Å². The number of aryl methyl sites for hydroxylation is 1. The number of phenols is 1. The fraction of sp³-hybridized carbons (Fsp3) is 0.235. The lowest BCUT2D eigenvalue weighted by molar-refractivity contribution is -0.117. The number of phenolic OH excluding ortho intramolecular Hbond substituents is 1. The van der Waals surface area contributed by atoms with Crippen molar-refractivity contribution in [3.63, 3.8) is 0 Å². The maximum Gasteiger partial charge on any atom is 0.231 e. The van der Waals surface area contributed by atoms with Crippen LogP contribution in [0.25, 0.3) is 0 Å². The van der Waals surface area contributed by atoms with Crippen molar-refractivity contribution >= 4 is 23.2 Å². The van der Waals surface area contributed by atoms with Crippen molar-refractivity contribution < 1.29 is 9.90 Å². The molecule has 21 heavy (non-hydrogen) atoms. The second-order valence-electron chi connectivity index (χ2n) is 5.30. The Bertz CT molecular complexity index is 684. The van der Waals surface area contributed by atoms with Crippen molar-refractivity contribution in [2.45, 2.75) is 25.2 Å². The van der Waals surface area contributed by atoms with Crippen molar-refractivity contribution in [2.75, 3.05) is 5.32 Å².